The molecule has 39 heavy (non-hydrogen) atoms. The van der Waals surface area contributed by atoms with E-state index in [0.29, 0.717) is 52.2 Å². The van der Waals surface area contributed by atoms with Crippen LogP contribution in [0.3, 0.4) is 0 Å². The molecule has 1 saturated carbocycles. The largest absolute Gasteiger partial charge is 0.493 e. The van der Waals surface area contributed by atoms with Gasteiger partial charge in [0, 0.05) is 40.6 Å². The molecule has 200 valence electrons. The summed E-state index contributed by atoms with van der Waals surface area (Å²) in [5.41, 5.74) is 2.21. The van der Waals surface area contributed by atoms with Crippen LogP contribution in [0.4, 0.5) is 15.0 Å². The summed E-state index contributed by atoms with van der Waals surface area (Å²) in [6.07, 6.45) is 6.63. The summed E-state index contributed by atoms with van der Waals surface area (Å²) in [4.78, 5) is 24.2. The zero-order valence-corrected chi connectivity index (χ0v) is 21.8. The summed E-state index contributed by atoms with van der Waals surface area (Å²) < 4.78 is 35.1. The van der Waals surface area contributed by atoms with Crippen molar-refractivity contribution in [2.45, 2.75) is 57.6 Å². The Kier molecular flexibility index (Phi) is 5.26. The van der Waals surface area contributed by atoms with Crippen LogP contribution in [0.5, 0.6) is 11.5 Å². The van der Waals surface area contributed by atoms with Gasteiger partial charge in [-0.2, -0.15) is 0 Å². The monoisotopic (exact) mass is 530 g/mol. The third kappa shape index (κ3) is 4.12. The summed E-state index contributed by atoms with van der Waals surface area (Å²) in [6.45, 7) is 5.84. The standard InChI is InChI=1S/C28H27FN6O4/c1-28(2,3)39-27(36)34-11-19-20(29)6-7-21-23(19)17(12-37-21)13-38-22-8-18(25-33-32-14-35(25)26(22)34)16-9-30-24(31-10-16)15-4-5-15/h6-10,14-15,17H,4-5,11-13H2,1-3H3/t17-/m1/s1. The predicted octanol–water partition coefficient (Wildman–Crippen LogP) is 5.01. The van der Waals surface area contributed by atoms with Crippen LogP contribution < -0.4 is 14.4 Å². The maximum atomic E-state index is 15.4. The van der Waals surface area contributed by atoms with Gasteiger partial charge in [0.25, 0.3) is 0 Å². The molecule has 2 aliphatic heterocycles. The highest BCUT2D eigenvalue weighted by Crippen LogP contribution is 2.44. The lowest BCUT2D eigenvalue weighted by Crippen LogP contribution is -2.38. The molecule has 3 aromatic heterocycles. The van der Waals surface area contributed by atoms with Crippen LogP contribution in [-0.4, -0.2) is 49.5 Å². The van der Waals surface area contributed by atoms with E-state index in [0.717, 1.165) is 24.2 Å². The molecular weight excluding hydrogens is 503 g/mol. The molecule has 1 atom stereocenters. The number of carbonyl (C=O) groups excluding carboxylic acids is 1. The first kappa shape index (κ1) is 23.8. The number of amides is 1. The fourth-order valence-corrected chi connectivity index (χ4v) is 5.21. The maximum absolute atomic E-state index is 15.4. The molecule has 0 N–H and O–H groups in total. The zero-order valence-electron chi connectivity index (χ0n) is 21.8. The molecule has 10 nitrogen and oxygen atoms in total. The Morgan fingerprint density at radius 2 is 1.82 bits per heavy atom. The second kappa shape index (κ2) is 8.62. The SMILES string of the molecule is CC(C)(C)OC(=O)N1Cc2c(F)ccc3c2[C@H](CO3)COc2cc(-c3cnc(C4CC4)nc3)c3nncn3c21. The highest BCUT2D eigenvalue weighted by Gasteiger charge is 2.37. The topological polar surface area (TPSA) is 104 Å². The van der Waals surface area contributed by atoms with Crippen molar-refractivity contribution in [3.05, 3.63) is 59.7 Å². The van der Waals surface area contributed by atoms with Crippen molar-refractivity contribution < 1.29 is 23.4 Å². The number of benzene rings is 1. The Balaban J connectivity index is 1.42. The molecule has 0 bridgehead atoms. The van der Waals surface area contributed by atoms with Crippen LogP contribution in [0.15, 0.2) is 36.9 Å². The molecule has 1 aromatic carbocycles. The Labute approximate surface area is 223 Å². The first-order valence-electron chi connectivity index (χ1n) is 13.0. The quantitative estimate of drug-likeness (QED) is 0.356. The van der Waals surface area contributed by atoms with E-state index in [9.17, 15) is 4.79 Å². The van der Waals surface area contributed by atoms with Gasteiger partial charge < -0.3 is 14.2 Å². The fourth-order valence-electron chi connectivity index (χ4n) is 5.21. The molecule has 0 saturated heterocycles. The van der Waals surface area contributed by atoms with Gasteiger partial charge in [-0.3, -0.25) is 9.30 Å². The van der Waals surface area contributed by atoms with Gasteiger partial charge in [0.1, 0.15) is 29.3 Å². The van der Waals surface area contributed by atoms with Gasteiger partial charge in [-0.15, -0.1) is 10.2 Å². The second-order valence-electron chi connectivity index (χ2n) is 11.2. The number of anilines is 1. The van der Waals surface area contributed by atoms with Gasteiger partial charge >= 0.3 is 6.09 Å². The van der Waals surface area contributed by atoms with Gasteiger partial charge in [-0.05, 0) is 51.8 Å². The number of hydrogen-bond acceptors (Lipinski definition) is 8. The Morgan fingerprint density at radius 1 is 1.08 bits per heavy atom. The molecule has 1 amide bonds. The minimum Gasteiger partial charge on any atom is -0.493 e. The summed E-state index contributed by atoms with van der Waals surface area (Å²) in [7, 11) is 0. The summed E-state index contributed by atoms with van der Waals surface area (Å²) in [5, 5.41) is 8.49. The molecule has 0 unspecified atom stereocenters. The predicted molar refractivity (Wildman–Crippen MR) is 139 cm³/mol. The molecular formula is C28H27FN6O4. The van der Waals surface area contributed by atoms with Gasteiger partial charge in [0.2, 0.25) is 0 Å². The van der Waals surface area contributed by atoms with Crippen molar-refractivity contribution in [1.82, 2.24) is 24.6 Å². The average molecular weight is 531 g/mol. The van der Waals surface area contributed by atoms with Crippen LogP contribution >= 0.6 is 0 Å². The molecule has 3 aliphatic rings. The van der Waals surface area contributed by atoms with Crippen molar-refractivity contribution >= 4 is 17.6 Å². The van der Waals surface area contributed by atoms with Crippen LogP contribution in [0.25, 0.3) is 16.8 Å². The molecule has 11 heteroatoms. The number of carbonyl (C=O) groups is 1. The number of pyridine rings is 1. The molecule has 1 fully saturated rings. The second-order valence-corrected chi connectivity index (χ2v) is 11.2. The highest BCUT2D eigenvalue weighted by molar-refractivity contribution is 5.92. The fraction of sp³-hybridized carbons (Fsp3) is 0.393. The molecule has 0 spiro atoms. The number of hydrogen-bond donors (Lipinski definition) is 0. The number of nitrogens with zero attached hydrogens (tertiary/aromatic N) is 6. The number of fused-ring (bicyclic) bond motifs is 3. The summed E-state index contributed by atoms with van der Waals surface area (Å²) in [5.74, 6) is 1.97. The van der Waals surface area contributed by atoms with Crippen LogP contribution in [0.2, 0.25) is 0 Å². The van der Waals surface area contributed by atoms with E-state index in [1.807, 2.05) is 6.07 Å². The van der Waals surface area contributed by atoms with E-state index in [1.54, 1.807) is 43.6 Å². The smallest absolute Gasteiger partial charge is 0.416 e. The lowest BCUT2D eigenvalue weighted by Gasteiger charge is -2.29. The summed E-state index contributed by atoms with van der Waals surface area (Å²) in [6, 6.07) is 4.81. The molecule has 1 aliphatic carbocycles. The van der Waals surface area contributed by atoms with Gasteiger partial charge in [-0.1, -0.05) is 0 Å². The van der Waals surface area contributed by atoms with E-state index in [4.69, 9.17) is 14.2 Å². The minimum absolute atomic E-state index is 0.0913. The lowest BCUT2D eigenvalue weighted by molar-refractivity contribution is 0.0574. The van der Waals surface area contributed by atoms with Crippen LogP contribution in [-0.2, 0) is 11.3 Å². The van der Waals surface area contributed by atoms with E-state index < -0.39 is 17.5 Å². The van der Waals surface area contributed by atoms with Crippen molar-refractivity contribution in [3.63, 3.8) is 0 Å². The normalized spacial score (nSPS) is 18.4. The van der Waals surface area contributed by atoms with Crippen molar-refractivity contribution in [2.75, 3.05) is 18.1 Å². The van der Waals surface area contributed by atoms with Crippen molar-refractivity contribution in [3.8, 4) is 22.6 Å². The molecule has 7 rings (SSSR count). The van der Waals surface area contributed by atoms with E-state index in [-0.39, 0.29) is 19.1 Å². The number of halogens is 1. The molecule has 0 radical (unpaired) electrons. The highest BCUT2D eigenvalue weighted by atomic mass is 19.1. The first-order chi connectivity index (χ1) is 18.8. The van der Waals surface area contributed by atoms with E-state index in [2.05, 4.69) is 20.2 Å². The molecule has 5 heterocycles. The van der Waals surface area contributed by atoms with Gasteiger partial charge in [-0.25, -0.2) is 19.2 Å². The molecule has 4 aromatic rings. The number of ether oxygens (including phenoxy) is 3. The Morgan fingerprint density at radius 3 is 2.54 bits per heavy atom. The zero-order chi connectivity index (χ0) is 26.9. The van der Waals surface area contributed by atoms with E-state index >= 15 is 4.39 Å². The maximum Gasteiger partial charge on any atom is 0.416 e. The van der Waals surface area contributed by atoms with Crippen molar-refractivity contribution in [2.24, 2.45) is 0 Å². The van der Waals surface area contributed by atoms with Gasteiger partial charge in [0.15, 0.2) is 17.2 Å². The van der Waals surface area contributed by atoms with Crippen LogP contribution in [0, 0.1) is 5.82 Å². The first-order valence-corrected chi connectivity index (χ1v) is 13.0. The van der Waals surface area contributed by atoms with E-state index in [1.165, 1.54) is 17.3 Å². The van der Waals surface area contributed by atoms with Crippen LogP contribution in [0.1, 0.15) is 62.4 Å². The summed E-state index contributed by atoms with van der Waals surface area (Å²) >= 11 is 0. The minimum atomic E-state index is -0.785. The third-order valence-electron chi connectivity index (χ3n) is 7.17. The van der Waals surface area contributed by atoms with Gasteiger partial charge in [0.05, 0.1) is 25.7 Å². The number of aromatic nitrogens is 5. The van der Waals surface area contributed by atoms with Crippen molar-refractivity contribution in [1.29, 1.82) is 0 Å². The Hall–Kier alpha value is -4.28. The third-order valence-corrected chi connectivity index (χ3v) is 7.17. The lowest BCUT2D eigenvalue weighted by atomic mass is 9.95. The number of rotatable bonds is 2. The Bertz CT molecular complexity index is 1610. The average Bonchev–Trinajstić information content (AvgIpc) is 3.46.